The van der Waals surface area contributed by atoms with Gasteiger partial charge in [0.25, 0.3) is 5.91 Å². The number of pyridine rings is 1. The van der Waals surface area contributed by atoms with Crippen LogP contribution in [0.4, 0.5) is 23.4 Å². The maximum Gasteiger partial charge on any atom is 0.416 e. The van der Waals surface area contributed by atoms with Crippen LogP contribution in [0.5, 0.6) is 0 Å². The van der Waals surface area contributed by atoms with Crippen molar-refractivity contribution in [2.24, 2.45) is 0 Å². The minimum atomic E-state index is -4.68. The van der Waals surface area contributed by atoms with Crippen LogP contribution in [0, 0.1) is 5.82 Å². The third kappa shape index (κ3) is 5.51. The molecule has 0 saturated carbocycles. The van der Waals surface area contributed by atoms with Gasteiger partial charge in [0.2, 0.25) is 0 Å². The molecule has 0 unspecified atom stereocenters. The lowest BCUT2D eigenvalue weighted by Crippen LogP contribution is -2.46. The van der Waals surface area contributed by atoms with Gasteiger partial charge in [-0.05, 0) is 49.2 Å². The lowest BCUT2D eigenvalue weighted by atomic mass is 10.1. The Morgan fingerprint density at radius 1 is 1.21 bits per heavy atom. The average Bonchev–Trinajstić information content (AvgIpc) is 2.60. The molecule has 158 valence electrons. The highest BCUT2D eigenvalue weighted by atomic mass is 32.2. The minimum absolute atomic E-state index is 0.0592. The largest absolute Gasteiger partial charge is 0.416 e. The molecule has 6 nitrogen and oxygen atoms in total. The molecule has 0 fully saturated rings. The summed E-state index contributed by atoms with van der Waals surface area (Å²) in [4.78, 5) is 15.7. The number of sulfone groups is 1. The second-order valence-corrected chi connectivity index (χ2v) is 8.51. The van der Waals surface area contributed by atoms with E-state index >= 15 is 0 Å². The zero-order chi connectivity index (χ0) is 22.0. The standard InChI is InChI=1S/C18H18F4N2O4S/c1-3-11-9-23-15(8-14(11)18(20,21)22)24-16(25)17(2,26)10-29(27,28)13-6-4-12(19)5-7-13/h4-9,26H,3,10H2,1-2H3,(H,23,24,25)/t17-/m0/s1. The quantitative estimate of drug-likeness (QED) is 0.538. The zero-order valence-corrected chi connectivity index (χ0v) is 16.2. The summed E-state index contributed by atoms with van der Waals surface area (Å²) in [5.74, 6) is -3.49. The number of nitrogens with zero attached hydrogens (tertiary/aromatic N) is 1. The Bertz CT molecular complexity index is 1000. The van der Waals surface area contributed by atoms with Gasteiger partial charge in [-0.25, -0.2) is 17.8 Å². The molecule has 1 aromatic carbocycles. The number of hydrogen-bond donors (Lipinski definition) is 2. The van der Waals surface area contributed by atoms with Crippen LogP contribution >= 0.6 is 0 Å². The van der Waals surface area contributed by atoms with E-state index in [2.05, 4.69) is 4.98 Å². The second kappa shape index (κ2) is 8.07. The van der Waals surface area contributed by atoms with E-state index < -0.39 is 50.5 Å². The molecule has 0 aliphatic rings. The van der Waals surface area contributed by atoms with Crippen LogP contribution in [0.25, 0.3) is 0 Å². The smallest absolute Gasteiger partial charge is 0.379 e. The number of rotatable bonds is 6. The first-order valence-corrected chi connectivity index (χ1v) is 10.00. The third-order valence-electron chi connectivity index (χ3n) is 4.05. The molecular formula is C18H18F4N2O4S. The highest BCUT2D eigenvalue weighted by molar-refractivity contribution is 7.91. The van der Waals surface area contributed by atoms with Crippen molar-refractivity contribution in [1.29, 1.82) is 0 Å². The van der Waals surface area contributed by atoms with E-state index in [4.69, 9.17) is 0 Å². The molecule has 0 radical (unpaired) electrons. The number of benzene rings is 1. The summed E-state index contributed by atoms with van der Waals surface area (Å²) in [7, 11) is -4.19. The van der Waals surface area contributed by atoms with Crippen molar-refractivity contribution in [2.45, 2.75) is 36.9 Å². The van der Waals surface area contributed by atoms with Crippen LogP contribution in [-0.4, -0.2) is 35.8 Å². The number of alkyl halides is 3. The normalized spacial score (nSPS) is 14.3. The lowest BCUT2D eigenvalue weighted by Gasteiger charge is -2.22. The molecule has 0 bridgehead atoms. The Morgan fingerprint density at radius 2 is 1.79 bits per heavy atom. The summed E-state index contributed by atoms with van der Waals surface area (Å²) in [6.07, 6.45) is -3.67. The Kier molecular flexibility index (Phi) is 6.33. The molecule has 1 atom stereocenters. The number of aromatic nitrogens is 1. The second-order valence-electron chi connectivity index (χ2n) is 6.52. The molecule has 1 aromatic heterocycles. The van der Waals surface area contributed by atoms with Crippen molar-refractivity contribution in [3.63, 3.8) is 0 Å². The molecule has 2 aromatic rings. The van der Waals surface area contributed by atoms with Gasteiger partial charge < -0.3 is 10.4 Å². The van der Waals surface area contributed by atoms with Crippen LogP contribution in [0.15, 0.2) is 41.4 Å². The Morgan fingerprint density at radius 3 is 2.31 bits per heavy atom. The molecule has 2 rings (SSSR count). The Labute approximate surface area is 164 Å². The topological polar surface area (TPSA) is 96.4 Å². The van der Waals surface area contributed by atoms with E-state index in [-0.39, 0.29) is 16.9 Å². The van der Waals surface area contributed by atoms with Crippen molar-refractivity contribution in [3.8, 4) is 0 Å². The summed E-state index contributed by atoms with van der Waals surface area (Å²) < 4.78 is 77.1. The fourth-order valence-electron chi connectivity index (χ4n) is 2.51. The first-order chi connectivity index (χ1) is 13.3. The first-order valence-electron chi connectivity index (χ1n) is 8.34. The molecule has 1 amide bonds. The van der Waals surface area contributed by atoms with Gasteiger partial charge in [0.15, 0.2) is 15.4 Å². The molecule has 2 N–H and O–H groups in total. The van der Waals surface area contributed by atoms with Gasteiger partial charge in [-0.2, -0.15) is 13.2 Å². The number of halogens is 4. The Balaban J connectivity index is 2.24. The van der Waals surface area contributed by atoms with E-state index in [1.54, 1.807) is 0 Å². The van der Waals surface area contributed by atoms with Gasteiger partial charge >= 0.3 is 6.18 Å². The molecule has 29 heavy (non-hydrogen) atoms. The number of aliphatic hydroxyl groups is 1. The van der Waals surface area contributed by atoms with E-state index in [9.17, 15) is 35.9 Å². The van der Waals surface area contributed by atoms with E-state index in [0.717, 1.165) is 37.4 Å². The van der Waals surface area contributed by atoms with Crippen LogP contribution in [-0.2, 0) is 27.2 Å². The number of amides is 1. The number of carbonyl (C=O) groups is 1. The fourth-order valence-corrected chi connectivity index (χ4v) is 4.10. The predicted octanol–water partition coefficient (Wildman–Crippen LogP) is 2.97. The SMILES string of the molecule is CCc1cnc(NC(=O)[C@@](C)(O)CS(=O)(=O)c2ccc(F)cc2)cc1C(F)(F)F. The van der Waals surface area contributed by atoms with Gasteiger partial charge in [-0.3, -0.25) is 4.79 Å². The summed E-state index contributed by atoms with van der Waals surface area (Å²) in [6, 6.07) is 4.36. The minimum Gasteiger partial charge on any atom is -0.379 e. The van der Waals surface area contributed by atoms with Crippen LogP contribution in [0.2, 0.25) is 0 Å². The van der Waals surface area contributed by atoms with E-state index in [1.807, 2.05) is 5.32 Å². The monoisotopic (exact) mass is 434 g/mol. The molecule has 0 aliphatic heterocycles. The van der Waals surface area contributed by atoms with Crippen LogP contribution < -0.4 is 5.32 Å². The fraction of sp³-hybridized carbons (Fsp3) is 0.333. The van der Waals surface area contributed by atoms with Crippen molar-refractivity contribution in [3.05, 3.63) is 53.5 Å². The predicted molar refractivity (Wildman–Crippen MR) is 96.3 cm³/mol. The molecule has 0 spiro atoms. The first kappa shape index (κ1) is 22.8. The summed E-state index contributed by atoms with van der Waals surface area (Å²) in [6.45, 7) is 2.41. The molecule has 0 aliphatic carbocycles. The number of nitrogens with one attached hydrogen (secondary N) is 1. The van der Waals surface area contributed by atoms with Gasteiger partial charge in [0.1, 0.15) is 11.6 Å². The van der Waals surface area contributed by atoms with Gasteiger partial charge in [0.05, 0.1) is 16.2 Å². The Hall–Kier alpha value is -2.53. The maximum absolute atomic E-state index is 13.1. The van der Waals surface area contributed by atoms with Crippen LogP contribution in [0.1, 0.15) is 25.0 Å². The van der Waals surface area contributed by atoms with Gasteiger partial charge in [-0.1, -0.05) is 6.92 Å². The average molecular weight is 434 g/mol. The van der Waals surface area contributed by atoms with Crippen molar-refractivity contribution in [1.82, 2.24) is 4.98 Å². The number of carbonyl (C=O) groups excluding carboxylic acids is 1. The third-order valence-corrected chi connectivity index (χ3v) is 5.98. The van der Waals surface area contributed by atoms with E-state index in [0.29, 0.717) is 6.07 Å². The summed E-state index contributed by atoms with van der Waals surface area (Å²) >= 11 is 0. The summed E-state index contributed by atoms with van der Waals surface area (Å²) in [5, 5.41) is 12.3. The molecule has 11 heteroatoms. The van der Waals surface area contributed by atoms with Crippen LogP contribution in [0.3, 0.4) is 0 Å². The molecular weight excluding hydrogens is 416 g/mol. The van der Waals surface area contributed by atoms with Crippen molar-refractivity contribution >= 4 is 21.6 Å². The number of hydrogen-bond acceptors (Lipinski definition) is 5. The highest BCUT2D eigenvalue weighted by Crippen LogP contribution is 2.33. The van der Waals surface area contributed by atoms with Crippen molar-refractivity contribution < 1.29 is 35.9 Å². The molecule has 0 saturated heterocycles. The number of aryl methyl sites for hydroxylation is 1. The van der Waals surface area contributed by atoms with Gasteiger partial charge in [-0.15, -0.1) is 0 Å². The van der Waals surface area contributed by atoms with E-state index in [1.165, 1.54) is 6.92 Å². The van der Waals surface area contributed by atoms with Crippen molar-refractivity contribution in [2.75, 3.05) is 11.1 Å². The zero-order valence-electron chi connectivity index (χ0n) is 15.4. The van der Waals surface area contributed by atoms with Gasteiger partial charge in [0, 0.05) is 6.20 Å². The highest BCUT2D eigenvalue weighted by Gasteiger charge is 2.38. The number of anilines is 1. The summed E-state index contributed by atoms with van der Waals surface area (Å²) in [5.41, 5.74) is -3.57. The maximum atomic E-state index is 13.1. The molecule has 1 heterocycles. The lowest BCUT2D eigenvalue weighted by molar-refractivity contribution is -0.138.